The molecule has 15 heavy (non-hydrogen) atoms. The molecule has 3 rings (SSSR count). The van der Waals surface area contributed by atoms with Crippen molar-refractivity contribution >= 4 is 0 Å². The van der Waals surface area contributed by atoms with Crippen LogP contribution in [0.1, 0.15) is 44.9 Å². The molecule has 2 fully saturated rings. The smallest absolute Gasteiger partial charge is 0.188 e. The van der Waals surface area contributed by atoms with Gasteiger partial charge in [0.2, 0.25) is 0 Å². The molecule has 2 heterocycles. The van der Waals surface area contributed by atoms with E-state index in [2.05, 4.69) is 12.2 Å². The first-order valence-corrected chi connectivity index (χ1v) is 6.28. The van der Waals surface area contributed by atoms with Gasteiger partial charge in [0.25, 0.3) is 0 Å². The Labute approximate surface area is 91.6 Å². The molecule has 0 aromatic rings. The maximum atomic E-state index is 5.97. The molecule has 2 heteroatoms. The van der Waals surface area contributed by atoms with Crippen molar-refractivity contribution in [2.75, 3.05) is 13.2 Å². The Morgan fingerprint density at radius 3 is 2.60 bits per heavy atom. The van der Waals surface area contributed by atoms with Gasteiger partial charge < -0.3 is 9.47 Å². The Morgan fingerprint density at radius 2 is 1.87 bits per heavy atom. The van der Waals surface area contributed by atoms with E-state index in [1.807, 2.05) is 0 Å². The van der Waals surface area contributed by atoms with Crippen LogP contribution in [0.25, 0.3) is 0 Å². The summed E-state index contributed by atoms with van der Waals surface area (Å²) in [4.78, 5) is 0. The SMILES string of the molecule is C1=C[C@@]2(CC3(CCCCC3)CO2)OCC1. The average molecular weight is 208 g/mol. The van der Waals surface area contributed by atoms with Gasteiger partial charge in [-0.1, -0.05) is 25.3 Å². The lowest BCUT2D eigenvalue weighted by atomic mass is 9.72. The molecule has 1 saturated carbocycles. The van der Waals surface area contributed by atoms with Crippen molar-refractivity contribution in [1.29, 1.82) is 0 Å². The Bertz CT molecular complexity index is 266. The third-order valence-electron chi connectivity index (χ3n) is 4.16. The van der Waals surface area contributed by atoms with Gasteiger partial charge in [-0.25, -0.2) is 0 Å². The maximum Gasteiger partial charge on any atom is 0.188 e. The molecule has 0 radical (unpaired) electrons. The van der Waals surface area contributed by atoms with Crippen molar-refractivity contribution in [3.8, 4) is 0 Å². The summed E-state index contributed by atoms with van der Waals surface area (Å²) >= 11 is 0. The lowest BCUT2D eigenvalue weighted by molar-refractivity contribution is -0.179. The number of ether oxygens (including phenoxy) is 2. The van der Waals surface area contributed by atoms with Crippen LogP contribution in [0, 0.1) is 5.41 Å². The zero-order chi connectivity index (χ0) is 10.2. The first-order chi connectivity index (χ1) is 7.33. The third kappa shape index (κ3) is 1.74. The second kappa shape index (κ2) is 3.60. The molecule has 0 amide bonds. The van der Waals surface area contributed by atoms with Crippen molar-refractivity contribution in [2.24, 2.45) is 5.41 Å². The largest absolute Gasteiger partial charge is 0.346 e. The van der Waals surface area contributed by atoms with Crippen LogP contribution in [-0.4, -0.2) is 19.0 Å². The van der Waals surface area contributed by atoms with Crippen molar-refractivity contribution in [2.45, 2.75) is 50.7 Å². The van der Waals surface area contributed by atoms with E-state index in [-0.39, 0.29) is 5.79 Å². The predicted molar refractivity (Wildman–Crippen MR) is 58.5 cm³/mol. The van der Waals surface area contributed by atoms with Crippen LogP contribution in [0.15, 0.2) is 12.2 Å². The van der Waals surface area contributed by atoms with E-state index in [0.29, 0.717) is 5.41 Å². The zero-order valence-electron chi connectivity index (χ0n) is 9.34. The van der Waals surface area contributed by atoms with Crippen molar-refractivity contribution in [1.82, 2.24) is 0 Å². The third-order valence-corrected chi connectivity index (χ3v) is 4.16. The number of rotatable bonds is 0. The highest BCUT2D eigenvalue weighted by atomic mass is 16.7. The topological polar surface area (TPSA) is 18.5 Å². The van der Waals surface area contributed by atoms with Crippen LogP contribution in [0.3, 0.4) is 0 Å². The summed E-state index contributed by atoms with van der Waals surface area (Å²) in [5.41, 5.74) is 0.444. The van der Waals surface area contributed by atoms with Gasteiger partial charge in [0, 0.05) is 6.42 Å². The summed E-state index contributed by atoms with van der Waals surface area (Å²) in [5, 5.41) is 0. The quantitative estimate of drug-likeness (QED) is 0.570. The normalized spacial score (nSPS) is 38.9. The monoisotopic (exact) mass is 208 g/mol. The lowest BCUT2D eigenvalue weighted by Crippen LogP contribution is -2.33. The molecule has 1 aliphatic carbocycles. The Kier molecular flexibility index (Phi) is 2.37. The predicted octanol–water partition coefficient (Wildman–Crippen LogP) is 3.03. The Morgan fingerprint density at radius 1 is 1.00 bits per heavy atom. The molecule has 1 atom stereocenters. The minimum atomic E-state index is -0.338. The van der Waals surface area contributed by atoms with E-state index in [0.717, 1.165) is 26.1 Å². The fraction of sp³-hybridized carbons (Fsp3) is 0.846. The molecular weight excluding hydrogens is 188 g/mol. The molecule has 0 aromatic heterocycles. The molecule has 2 nitrogen and oxygen atoms in total. The molecule has 0 aromatic carbocycles. The standard InChI is InChI=1S/C13H20O2/c1-2-6-12(7-3-1)10-13(15-11-12)8-4-5-9-14-13/h4,8H,1-3,5-7,9-11H2/t13-/m1/s1. The summed E-state index contributed by atoms with van der Waals surface area (Å²) in [7, 11) is 0. The Balaban J connectivity index is 1.76. The van der Waals surface area contributed by atoms with Crippen LogP contribution in [0.4, 0.5) is 0 Å². The van der Waals surface area contributed by atoms with Gasteiger partial charge in [0.1, 0.15) is 0 Å². The molecule has 3 aliphatic rings. The first kappa shape index (κ1) is 9.86. The summed E-state index contributed by atoms with van der Waals surface area (Å²) in [5.74, 6) is -0.338. The minimum Gasteiger partial charge on any atom is -0.346 e. The maximum absolute atomic E-state index is 5.97. The van der Waals surface area contributed by atoms with Gasteiger partial charge in [-0.3, -0.25) is 0 Å². The fourth-order valence-electron chi connectivity index (χ4n) is 3.33. The lowest BCUT2D eigenvalue weighted by Gasteiger charge is -2.34. The van der Waals surface area contributed by atoms with Crippen molar-refractivity contribution in [3.05, 3.63) is 12.2 Å². The molecule has 0 bridgehead atoms. The van der Waals surface area contributed by atoms with E-state index in [1.54, 1.807) is 0 Å². The van der Waals surface area contributed by atoms with E-state index in [4.69, 9.17) is 9.47 Å². The molecular formula is C13H20O2. The van der Waals surface area contributed by atoms with Gasteiger partial charge >= 0.3 is 0 Å². The molecule has 0 unspecified atom stereocenters. The van der Waals surface area contributed by atoms with Gasteiger partial charge in [-0.2, -0.15) is 0 Å². The van der Waals surface area contributed by atoms with Crippen LogP contribution in [0.5, 0.6) is 0 Å². The molecule has 0 N–H and O–H groups in total. The van der Waals surface area contributed by atoms with Crippen molar-refractivity contribution in [3.63, 3.8) is 0 Å². The van der Waals surface area contributed by atoms with E-state index < -0.39 is 0 Å². The molecule has 2 spiro atoms. The van der Waals surface area contributed by atoms with Crippen LogP contribution < -0.4 is 0 Å². The van der Waals surface area contributed by atoms with Crippen LogP contribution in [-0.2, 0) is 9.47 Å². The summed E-state index contributed by atoms with van der Waals surface area (Å²) in [6, 6.07) is 0. The Hall–Kier alpha value is -0.340. The molecule has 84 valence electrons. The summed E-state index contributed by atoms with van der Waals surface area (Å²) < 4.78 is 11.8. The van der Waals surface area contributed by atoms with E-state index in [1.165, 1.54) is 32.1 Å². The fourth-order valence-corrected chi connectivity index (χ4v) is 3.33. The first-order valence-electron chi connectivity index (χ1n) is 6.28. The van der Waals surface area contributed by atoms with Gasteiger partial charge in [-0.05, 0) is 30.8 Å². The average Bonchev–Trinajstić information content (AvgIpc) is 2.60. The summed E-state index contributed by atoms with van der Waals surface area (Å²) in [6.45, 7) is 1.74. The van der Waals surface area contributed by atoms with Gasteiger partial charge in [0.15, 0.2) is 5.79 Å². The van der Waals surface area contributed by atoms with Crippen LogP contribution >= 0.6 is 0 Å². The zero-order valence-corrected chi connectivity index (χ0v) is 9.34. The van der Waals surface area contributed by atoms with Gasteiger partial charge in [-0.15, -0.1) is 0 Å². The van der Waals surface area contributed by atoms with Crippen molar-refractivity contribution < 1.29 is 9.47 Å². The highest BCUT2D eigenvalue weighted by Gasteiger charge is 2.49. The van der Waals surface area contributed by atoms with E-state index >= 15 is 0 Å². The molecule has 2 aliphatic heterocycles. The number of hydrogen-bond donors (Lipinski definition) is 0. The number of hydrogen-bond acceptors (Lipinski definition) is 2. The van der Waals surface area contributed by atoms with Gasteiger partial charge in [0.05, 0.1) is 13.2 Å². The molecule has 1 saturated heterocycles. The summed E-state index contributed by atoms with van der Waals surface area (Å²) in [6.07, 6.45) is 13.3. The second-order valence-electron chi connectivity index (χ2n) is 5.38. The highest BCUT2D eigenvalue weighted by Crippen LogP contribution is 2.50. The highest BCUT2D eigenvalue weighted by molar-refractivity contribution is 5.07. The van der Waals surface area contributed by atoms with Crippen LogP contribution in [0.2, 0.25) is 0 Å². The minimum absolute atomic E-state index is 0.338. The van der Waals surface area contributed by atoms with E-state index in [9.17, 15) is 0 Å². The second-order valence-corrected chi connectivity index (χ2v) is 5.38.